The van der Waals surface area contributed by atoms with Gasteiger partial charge in [0.25, 0.3) is 0 Å². The summed E-state index contributed by atoms with van der Waals surface area (Å²) in [5, 5.41) is 10.7. The van der Waals surface area contributed by atoms with E-state index < -0.39 is 9.84 Å². The molecule has 0 aliphatic carbocycles. The van der Waals surface area contributed by atoms with Gasteiger partial charge in [0.15, 0.2) is 18.5 Å². The van der Waals surface area contributed by atoms with Crippen molar-refractivity contribution in [2.45, 2.75) is 20.5 Å². The van der Waals surface area contributed by atoms with Crippen LogP contribution in [0.25, 0.3) is 0 Å². The van der Waals surface area contributed by atoms with Crippen molar-refractivity contribution >= 4 is 56.3 Å². The number of nitrogens with zero attached hydrogens (tertiary/aromatic N) is 2. The second kappa shape index (κ2) is 8.13. The first-order valence-electron chi connectivity index (χ1n) is 6.58. The molecule has 1 amide bonds. The average molecular weight is 390 g/mol. The molecule has 1 aromatic heterocycles. The summed E-state index contributed by atoms with van der Waals surface area (Å²) in [6.07, 6.45) is 1.11. The first kappa shape index (κ1) is 18.2. The molecule has 2 rings (SSSR count). The van der Waals surface area contributed by atoms with Crippen LogP contribution in [0.2, 0.25) is 0 Å². The maximum absolute atomic E-state index is 12.0. The Balaban J connectivity index is 1.97. The molecule has 23 heavy (non-hydrogen) atoms. The summed E-state index contributed by atoms with van der Waals surface area (Å²) in [5.74, 6) is 0.775. The van der Waals surface area contributed by atoms with Crippen LogP contribution in [0.5, 0.6) is 0 Å². The van der Waals surface area contributed by atoms with E-state index in [-0.39, 0.29) is 16.6 Å². The molecule has 0 saturated heterocycles. The lowest BCUT2D eigenvalue weighted by atomic mass is 10.3. The maximum atomic E-state index is 12.0. The molecule has 0 atom stereocenters. The molecule has 10 heteroatoms. The third kappa shape index (κ3) is 5.48. The van der Waals surface area contributed by atoms with Gasteiger partial charge in [-0.15, -0.1) is 10.2 Å². The van der Waals surface area contributed by atoms with Crippen LogP contribution in [-0.2, 0) is 14.6 Å². The number of hydrogen-bond acceptors (Lipinski definition) is 8. The Morgan fingerprint density at radius 2 is 1.87 bits per heavy atom. The van der Waals surface area contributed by atoms with Crippen LogP contribution in [0.4, 0.5) is 5.69 Å². The van der Waals surface area contributed by atoms with Gasteiger partial charge in [0.1, 0.15) is 0 Å². The fourth-order valence-corrected chi connectivity index (χ4v) is 5.21. The molecule has 6 nitrogen and oxygen atoms in total. The van der Waals surface area contributed by atoms with Gasteiger partial charge in [-0.2, -0.15) is 0 Å². The number of para-hydroxylation sites is 1. The Morgan fingerprint density at radius 1 is 1.22 bits per heavy atom. The van der Waals surface area contributed by atoms with Crippen LogP contribution in [-0.4, -0.2) is 42.3 Å². The van der Waals surface area contributed by atoms with E-state index in [1.807, 2.05) is 6.92 Å². The molecule has 124 valence electrons. The van der Waals surface area contributed by atoms with Crippen molar-refractivity contribution in [1.82, 2.24) is 10.2 Å². The molecule has 0 aliphatic heterocycles. The highest BCUT2D eigenvalue weighted by Gasteiger charge is 2.15. The number of hydrogen-bond donors (Lipinski definition) is 1. The van der Waals surface area contributed by atoms with E-state index in [2.05, 4.69) is 15.5 Å². The van der Waals surface area contributed by atoms with E-state index in [0.717, 1.165) is 16.3 Å². The standard InChI is InChI=1S/C13H15N3O3S4/c1-3-20-12-15-16-13(22-12)21-8-11(17)14-9-6-4-5-7-10(9)23(2,18)19/h4-7H,3,8H2,1-2H3,(H,14,17). The molecule has 0 unspecified atom stereocenters. The number of amides is 1. The third-order valence-corrected chi connectivity index (χ3v) is 6.77. The van der Waals surface area contributed by atoms with Crippen LogP contribution in [0, 0.1) is 0 Å². The van der Waals surface area contributed by atoms with Crippen molar-refractivity contribution < 1.29 is 13.2 Å². The third-order valence-electron chi connectivity index (χ3n) is 2.54. The largest absolute Gasteiger partial charge is 0.324 e. The van der Waals surface area contributed by atoms with Gasteiger partial charge in [0, 0.05) is 6.26 Å². The number of anilines is 1. The van der Waals surface area contributed by atoms with Crippen molar-refractivity contribution in [2.75, 3.05) is 23.1 Å². The maximum Gasteiger partial charge on any atom is 0.234 e. The van der Waals surface area contributed by atoms with Gasteiger partial charge >= 0.3 is 0 Å². The van der Waals surface area contributed by atoms with E-state index >= 15 is 0 Å². The van der Waals surface area contributed by atoms with Crippen LogP contribution >= 0.6 is 34.9 Å². The first-order valence-corrected chi connectivity index (χ1v) is 11.3. The number of rotatable bonds is 7. The molecule has 0 aliphatic rings. The molecular formula is C13H15N3O3S4. The van der Waals surface area contributed by atoms with Gasteiger partial charge in [0.2, 0.25) is 5.91 Å². The first-order chi connectivity index (χ1) is 10.9. The summed E-state index contributed by atoms with van der Waals surface area (Å²) in [5.41, 5.74) is 0.292. The van der Waals surface area contributed by atoms with Crippen LogP contribution in [0.1, 0.15) is 6.92 Å². The lowest BCUT2D eigenvalue weighted by molar-refractivity contribution is -0.113. The Kier molecular flexibility index (Phi) is 6.45. The van der Waals surface area contributed by atoms with E-state index in [1.165, 1.54) is 29.2 Å². The van der Waals surface area contributed by atoms with E-state index in [1.54, 1.807) is 30.0 Å². The molecule has 0 bridgehead atoms. The fraction of sp³-hybridized carbons (Fsp3) is 0.308. The average Bonchev–Trinajstić information content (AvgIpc) is 2.93. The molecule has 0 fully saturated rings. The zero-order chi connectivity index (χ0) is 16.9. The Morgan fingerprint density at radius 3 is 2.52 bits per heavy atom. The normalized spacial score (nSPS) is 11.4. The van der Waals surface area contributed by atoms with Gasteiger partial charge < -0.3 is 5.32 Å². The fourth-order valence-electron chi connectivity index (χ4n) is 1.64. The smallest absolute Gasteiger partial charge is 0.234 e. The zero-order valence-corrected chi connectivity index (χ0v) is 15.7. The van der Waals surface area contributed by atoms with Crippen LogP contribution in [0.15, 0.2) is 37.8 Å². The topological polar surface area (TPSA) is 89.0 Å². The van der Waals surface area contributed by atoms with E-state index in [4.69, 9.17) is 0 Å². The number of carbonyl (C=O) groups excluding carboxylic acids is 1. The molecule has 0 spiro atoms. The minimum atomic E-state index is -3.39. The Labute approximate surface area is 147 Å². The molecule has 1 aromatic carbocycles. The summed E-state index contributed by atoms with van der Waals surface area (Å²) in [6.45, 7) is 2.03. The number of nitrogens with one attached hydrogen (secondary N) is 1. The molecular weight excluding hydrogens is 374 g/mol. The van der Waals surface area contributed by atoms with E-state index in [0.29, 0.717) is 10.0 Å². The summed E-state index contributed by atoms with van der Waals surface area (Å²) in [4.78, 5) is 12.1. The quantitative estimate of drug-likeness (QED) is 0.728. The van der Waals surface area contributed by atoms with Gasteiger partial charge in [-0.3, -0.25) is 4.79 Å². The number of sulfone groups is 1. The number of benzene rings is 1. The van der Waals surface area contributed by atoms with E-state index in [9.17, 15) is 13.2 Å². The number of thioether (sulfide) groups is 2. The lowest BCUT2D eigenvalue weighted by Gasteiger charge is -2.08. The van der Waals surface area contributed by atoms with Crippen molar-refractivity contribution in [2.24, 2.45) is 0 Å². The molecule has 2 aromatic rings. The second-order valence-electron chi connectivity index (χ2n) is 4.37. The van der Waals surface area contributed by atoms with Crippen molar-refractivity contribution in [1.29, 1.82) is 0 Å². The molecule has 1 N–H and O–H groups in total. The summed E-state index contributed by atoms with van der Waals surface area (Å²) < 4.78 is 25.0. The van der Waals surface area contributed by atoms with Gasteiger partial charge in [0.05, 0.1) is 16.3 Å². The highest BCUT2D eigenvalue weighted by molar-refractivity contribution is 8.03. The van der Waals surface area contributed by atoms with Crippen molar-refractivity contribution in [3.8, 4) is 0 Å². The number of carbonyl (C=O) groups is 1. The Hall–Kier alpha value is -1.10. The van der Waals surface area contributed by atoms with Gasteiger partial charge in [-0.1, -0.05) is 53.9 Å². The lowest BCUT2D eigenvalue weighted by Crippen LogP contribution is -2.16. The highest BCUT2D eigenvalue weighted by Crippen LogP contribution is 2.28. The van der Waals surface area contributed by atoms with Crippen LogP contribution in [0.3, 0.4) is 0 Å². The van der Waals surface area contributed by atoms with Gasteiger partial charge in [-0.25, -0.2) is 8.42 Å². The van der Waals surface area contributed by atoms with Crippen molar-refractivity contribution in [3.05, 3.63) is 24.3 Å². The molecule has 1 heterocycles. The molecule has 0 radical (unpaired) electrons. The molecule has 0 saturated carbocycles. The van der Waals surface area contributed by atoms with Gasteiger partial charge in [-0.05, 0) is 17.9 Å². The summed E-state index contributed by atoms with van der Waals surface area (Å²) in [7, 11) is -3.39. The number of aromatic nitrogens is 2. The Bertz CT molecular complexity index is 789. The minimum Gasteiger partial charge on any atom is -0.324 e. The van der Waals surface area contributed by atoms with Crippen LogP contribution < -0.4 is 5.32 Å². The zero-order valence-electron chi connectivity index (χ0n) is 12.5. The second-order valence-corrected chi connectivity index (χ2v) is 10.1. The monoisotopic (exact) mass is 389 g/mol. The SMILES string of the molecule is CCSc1nnc(SCC(=O)Nc2ccccc2S(C)(=O)=O)s1. The van der Waals surface area contributed by atoms with Crippen molar-refractivity contribution in [3.63, 3.8) is 0 Å². The summed E-state index contributed by atoms with van der Waals surface area (Å²) in [6, 6.07) is 6.34. The summed E-state index contributed by atoms with van der Waals surface area (Å²) >= 11 is 4.32. The highest BCUT2D eigenvalue weighted by atomic mass is 32.2. The predicted molar refractivity (Wildman–Crippen MR) is 95.2 cm³/mol. The minimum absolute atomic E-state index is 0.107. The predicted octanol–water partition coefficient (Wildman–Crippen LogP) is 2.78.